The Kier molecular flexibility index (Phi) is 3.49. The average Bonchev–Trinajstić information content (AvgIpc) is 1.97. The number of ketones is 1. The molecule has 14 heavy (non-hydrogen) atoms. The van der Waals surface area contributed by atoms with Crippen molar-refractivity contribution in [1.82, 2.24) is 4.90 Å². The highest BCUT2D eigenvalue weighted by atomic mass is 16.2. The molecule has 3 nitrogen and oxygen atoms in total. The molecule has 0 heterocycles. The normalized spacial score (nSPS) is 12.5. The van der Waals surface area contributed by atoms with Crippen molar-refractivity contribution in [3.05, 3.63) is 0 Å². The Hall–Kier alpha value is -0.860. The highest BCUT2D eigenvalue weighted by Crippen LogP contribution is 2.19. The first kappa shape index (κ1) is 13.1. The minimum atomic E-state index is -0.601. The lowest BCUT2D eigenvalue weighted by molar-refractivity contribution is -0.150. The van der Waals surface area contributed by atoms with Gasteiger partial charge in [0.15, 0.2) is 0 Å². The maximum absolute atomic E-state index is 11.7. The van der Waals surface area contributed by atoms with Gasteiger partial charge in [-0.15, -0.1) is 0 Å². The molecule has 0 atom stereocenters. The van der Waals surface area contributed by atoms with Gasteiger partial charge in [0, 0.05) is 18.0 Å². The lowest BCUT2D eigenvalue weighted by Gasteiger charge is -2.33. The molecular formula is C11H21NO2. The molecule has 0 N–H and O–H groups in total. The Labute approximate surface area is 86.5 Å². The van der Waals surface area contributed by atoms with Gasteiger partial charge in [0.05, 0.1) is 0 Å². The van der Waals surface area contributed by atoms with E-state index in [4.69, 9.17) is 0 Å². The van der Waals surface area contributed by atoms with Gasteiger partial charge in [-0.2, -0.15) is 0 Å². The number of amides is 1. The summed E-state index contributed by atoms with van der Waals surface area (Å²) in [5.41, 5.74) is -0.908. The van der Waals surface area contributed by atoms with Crippen LogP contribution in [0.15, 0.2) is 0 Å². The van der Waals surface area contributed by atoms with E-state index in [2.05, 4.69) is 0 Å². The number of carbonyl (C=O) groups is 2. The first-order chi connectivity index (χ1) is 5.98. The van der Waals surface area contributed by atoms with E-state index in [1.54, 1.807) is 27.8 Å². The number of rotatable bonds is 1. The largest absolute Gasteiger partial charge is 0.334 e. The Morgan fingerprint density at radius 3 is 1.50 bits per heavy atom. The summed E-state index contributed by atoms with van der Waals surface area (Å²) in [5.74, 6) is -0.750. The van der Waals surface area contributed by atoms with E-state index in [0.29, 0.717) is 0 Å². The smallest absolute Gasteiger partial charge is 0.290 e. The predicted molar refractivity (Wildman–Crippen MR) is 57.0 cm³/mol. The van der Waals surface area contributed by atoms with E-state index in [9.17, 15) is 9.59 Å². The van der Waals surface area contributed by atoms with Crippen molar-refractivity contribution in [3.63, 3.8) is 0 Å². The Bertz CT molecular complexity index is 243. The van der Waals surface area contributed by atoms with Crippen LogP contribution in [-0.4, -0.2) is 29.2 Å². The summed E-state index contributed by atoms with van der Waals surface area (Å²) in [7, 11) is 1.66. The molecule has 0 aromatic rings. The van der Waals surface area contributed by atoms with Crippen LogP contribution in [0.2, 0.25) is 0 Å². The number of Topliss-reactive ketones (excluding diaryl/α,β-unsaturated/α-hetero) is 1. The third-order valence-electron chi connectivity index (χ3n) is 2.19. The molecule has 3 heteroatoms. The van der Waals surface area contributed by atoms with Gasteiger partial charge in [-0.1, -0.05) is 20.8 Å². The molecule has 0 fully saturated rings. The molecule has 0 radical (unpaired) electrons. The quantitative estimate of drug-likeness (QED) is 0.604. The maximum atomic E-state index is 11.7. The third kappa shape index (κ3) is 3.13. The summed E-state index contributed by atoms with van der Waals surface area (Å²) in [6, 6.07) is 0. The summed E-state index contributed by atoms with van der Waals surface area (Å²) >= 11 is 0. The Morgan fingerprint density at radius 1 is 0.929 bits per heavy atom. The molecule has 1 amide bonds. The standard InChI is InChI=1S/C11H21NO2/c1-10(2,3)8(13)9(14)12(7)11(4,5)6/h1-7H3. The first-order valence-corrected chi connectivity index (χ1v) is 4.80. The molecule has 0 spiro atoms. The predicted octanol–water partition coefficient (Wildman–Crippen LogP) is 1.86. The van der Waals surface area contributed by atoms with E-state index in [-0.39, 0.29) is 11.3 Å². The van der Waals surface area contributed by atoms with Crippen LogP contribution in [0, 0.1) is 5.41 Å². The van der Waals surface area contributed by atoms with Crippen LogP contribution in [0.25, 0.3) is 0 Å². The summed E-state index contributed by atoms with van der Waals surface area (Å²) in [4.78, 5) is 24.9. The lowest BCUT2D eigenvalue weighted by Crippen LogP contribution is -2.48. The van der Waals surface area contributed by atoms with Crippen LogP contribution in [0.4, 0.5) is 0 Å². The minimum absolute atomic E-state index is 0.308. The SMILES string of the molecule is CN(C(=O)C(=O)C(C)(C)C)C(C)(C)C. The zero-order valence-corrected chi connectivity index (χ0v) is 10.3. The van der Waals surface area contributed by atoms with Crippen molar-refractivity contribution in [2.75, 3.05) is 7.05 Å². The van der Waals surface area contributed by atoms with Crippen LogP contribution in [0.3, 0.4) is 0 Å². The highest BCUT2D eigenvalue weighted by Gasteiger charge is 2.34. The van der Waals surface area contributed by atoms with Crippen LogP contribution in [0.5, 0.6) is 0 Å². The van der Waals surface area contributed by atoms with Crippen LogP contribution in [-0.2, 0) is 9.59 Å². The van der Waals surface area contributed by atoms with E-state index < -0.39 is 11.3 Å². The van der Waals surface area contributed by atoms with Gasteiger partial charge in [-0.25, -0.2) is 0 Å². The monoisotopic (exact) mass is 199 g/mol. The summed E-state index contributed by atoms with van der Waals surface area (Å²) in [6.07, 6.45) is 0. The van der Waals surface area contributed by atoms with Gasteiger partial charge < -0.3 is 4.90 Å². The molecule has 0 rings (SSSR count). The van der Waals surface area contributed by atoms with Crippen LogP contribution >= 0.6 is 0 Å². The average molecular weight is 199 g/mol. The fourth-order valence-electron chi connectivity index (χ4n) is 0.778. The second kappa shape index (κ2) is 3.71. The molecular weight excluding hydrogens is 178 g/mol. The molecule has 0 aliphatic heterocycles. The van der Waals surface area contributed by atoms with Gasteiger partial charge in [0.2, 0.25) is 5.78 Å². The summed E-state index contributed by atoms with van der Waals surface area (Å²) < 4.78 is 0. The van der Waals surface area contributed by atoms with Crippen molar-refractivity contribution in [2.45, 2.75) is 47.1 Å². The molecule has 0 bridgehead atoms. The van der Waals surface area contributed by atoms with Gasteiger partial charge in [0.1, 0.15) is 0 Å². The number of nitrogens with zero attached hydrogens (tertiary/aromatic N) is 1. The summed E-state index contributed by atoms with van der Waals surface area (Å²) in [6.45, 7) is 11.0. The number of hydrogen-bond acceptors (Lipinski definition) is 2. The van der Waals surface area contributed by atoms with Crippen molar-refractivity contribution >= 4 is 11.7 Å². The topological polar surface area (TPSA) is 37.4 Å². The number of carbonyl (C=O) groups excluding carboxylic acids is 2. The van der Waals surface area contributed by atoms with E-state index in [1.165, 1.54) is 4.90 Å². The number of hydrogen-bond donors (Lipinski definition) is 0. The summed E-state index contributed by atoms with van der Waals surface area (Å²) in [5, 5.41) is 0. The van der Waals surface area contributed by atoms with Gasteiger partial charge >= 0.3 is 0 Å². The van der Waals surface area contributed by atoms with Crippen molar-refractivity contribution in [2.24, 2.45) is 5.41 Å². The van der Waals surface area contributed by atoms with Crippen LogP contribution < -0.4 is 0 Å². The third-order valence-corrected chi connectivity index (χ3v) is 2.19. The zero-order chi connectivity index (χ0) is 11.7. The van der Waals surface area contributed by atoms with Crippen molar-refractivity contribution < 1.29 is 9.59 Å². The van der Waals surface area contributed by atoms with Gasteiger partial charge in [-0.3, -0.25) is 9.59 Å². The molecule has 82 valence electrons. The van der Waals surface area contributed by atoms with Crippen molar-refractivity contribution in [3.8, 4) is 0 Å². The molecule has 0 aliphatic rings. The zero-order valence-electron chi connectivity index (χ0n) is 10.3. The fourth-order valence-corrected chi connectivity index (χ4v) is 0.778. The molecule has 0 unspecified atom stereocenters. The second-order valence-electron chi connectivity index (χ2n) is 5.61. The maximum Gasteiger partial charge on any atom is 0.290 e. The molecule has 0 saturated heterocycles. The Balaban J connectivity index is 4.75. The van der Waals surface area contributed by atoms with E-state index in [0.717, 1.165) is 0 Å². The van der Waals surface area contributed by atoms with Crippen LogP contribution in [0.1, 0.15) is 41.5 Å². The van der Waals surface area contributed by atoms with E-state index in [1.807, 2.05) is 20.8 Å². The molecule has 0 aromatic heterocycles. The first-order valence-electron chi connectivity index (χ1n) is 4.80. The molecule has 0 saturated carbocycles. The fraction of sp³-hybridized carbons (Fsp3) is 0.818. The second-order valence-corrected chi connectivity index (χ2v) is 5.61. The Morgan fingerprint density at radius 2 is 1.29 bits per heavy atom. The van der Waals surface area contributed by atoms with Gasteiger partial charge in [-0.05, 0) is 20.8 Å². The molecule has 0 aromatic carbocycles. The minimum Gasteiger partial charge on any atom is -0.334 e. The van der Waals surface area contributed by atoms with Crippen molar-refractivity contribution in [1.29, 1.82) is 0 Å². The van der Waals surface area contributed by atoms with Gasteiger partial charge in [0.25, 0.3) is 5.91 Å². The lowest BCUT2D eigenvalue weighted by atomic mass is 9.89. The molecule has 0 aliphatic carbocycles. The number of likely N-dealkylation sites (N-methyl/N-ethyl adjacent to an activating group) is 1. The van der Waals surface area contributed by atoms with E-state index >= 15 is 0 Å². The highest BCUT2D eigenvalue weighted by molar-refractivity contribution is 6.37.